The van der Waals surface area contributed by atoms with E-state index in [1.165, 1.54) is 0 Å². The molecule has 0 aliphatic carbocycles. The Hall–Kier alpha value is 0.880. The van der Waals surface area contributed by atoms with E-state index in [2.05, 4.69) is 31.9 Å². The van der Waals surface area contributed by atoms with Gasteiger partial charge in [-0.3, -0.25) is 0 Å². The first kappa shape index (κ1) is 7.98. The highest BCUT2D eigenvalue weighted by molar-refractivity contribution is 9.09. The zero-order valence-electron chi connectivity index (χ0n) is 4.85. The SMILES string of the molecule is BrCOC1OCCC1Br. The van der Waals surface area contributed by atoms with Gasteiger partial charge in [0.2, 0.25) is 0 Å². The molecule has 1 aliphatic heterocycles. The number of alkyl halides is 2. The summed E-state index contributed by atoms with van der Waals surface area (Å²) in [6.45, 7) is 0.799. The molecule has 4 heteroatoms. The van der Waals surface area contributed by atoms with Crippen LogP contribution in [0.1, 0.15) is 6.42 Å². The van der Waals surface area contributed by atoms with E-state index < -0.39 is 0 Å². The van der Waals surface area contributed by atoms with Gasteiger partial charge in [0.05, 0.1) is 11.4 Å². The van der Waals surface area contributed by atoms with Crippen molar-refractivity contribution >= 4 is 31.9 Å². The van der Waals surface area contributed by atoms with Crippen molar-refractivity contribution in [2.75, 3.05) is 12.1 Å². The quantitative estimate of drug-likeness (QED) is 0.705. The highest BCUT2D eigenvalue weighted by atomic mass is 79.9. The minimum Gasteiger partial charge on any atom is -0.351 e. The van der Waals surface area contributed by atoms with Gasteiger partial charge in [0.1, 0.15) is 5.52 Å². The van der Waals surface area contributed by atoms with E-state index in [1.807, 2.05) is 0 Å². The summed E-state index contributed by atoms with van der Waals surface area (Å²) in [6, 6.07) is 0. The minimum atomic E-state index is -0.0515. The van der Waals surface area contributed by atoms with Crippen LogP contribution in [0.4, 0.5) is 0 Å². The third-order valence-electron chi connectivity index (χ3n) is 1.20. The van der Waals surface area contributed by atoms with Crippen LogP contribution in [0.15, 0.2) is 0 Å². The normalized spacial score (nSPS) is 35.3. The van der Waals surface area contributed by atoms with Crippen molar-refractivity contribution in [3.8, 4) is 0 Å². The van der Waals surface area contributed by atoms with Crippen molar-refractivity contribution in [1.29, 1.82) is 0 Å². The Labute approximate surface area is 71.2 Å². The fraction of sp³-hybridized carbons (Fsp3) is 1.00. The maximum absolute atomic E-state index is 5.21. The van der Waals surface area contributed by atoms with Crippen LogP contribution in [0.3, 0.4) is 0 Å². The monoisotopic (exact) mass is 258 g/mol. The summed E-state index contributed by atoms with van der Waals surface area (Å²) in [7, 11) is 0. The highest BCUT2D eigenvalue weighted by Crippen LogP contribution is 2.21. The van der Waals surface area contributed by atoms with Crippen molar-refractivity contribution in [2.24, 2.45) is 0 Å². The van der Waals surface area contributed by atoms with E-state index in [0.717, 1.165) is 13.0 Å². The molecule has 0 N–H and O–H groups in total. The first-order valence-electron chi connectivity index (χ1n) is 2.78. The van der Waals surface area contributed by atoms with Crippen molar-refractivity contribution in [2.45, 2.75) is 17.5 Å². The lowest BCUT2D eigenvalue weighted by Crippen LogP contribution is -2.18. The molecule has 1 fully saturated rings. The van der Waals surface area contributed by atoms with E-state index in [0.29, 0.717) is 10.3 Å². The molecule has 0 bridgehead atoms. The molecule has 0 radical (unpaired) electrons. The summed E-state index contributed by atoms with van der Waals surface area (Å²) in [5, 5.41) is 0. The summed E-state index contributed by atoms with van der Waals surface area (Å²) in [4.78, 5) is 0.370. The van der Waals surface area contributed by atoms with Crippen LogP contribution in [0.2, 0.25) is 0 Å². The molecule has 0 aromatic carbocycles. The van der Waals surface area contributed by atoms with Gasteiger partial charge < -0.3 is 9.47 Å². The molecule has 0 spiro atoms. The summed E-state index contributed by atoms with van der Waals surface area (Å²) in [5.41, 5.74) is 0.541. The van der Waals surface area contributed by atoms with Crippen molar-refractivity contribution in [3.63, 3.8) is 0 Å². The van der Waals surface area contributed by atoms with E-state index in [-0.39, 0.29) is 6.29 Å². The van der Waals surface area contributed by atoms with Crippen LogP contribution in [-0.2, 0) is 9.47 Å². The summed E-state index contributed by atoms with van der Waals surface area (Å²) in [6.07, 6.45) is 0.988. The van der Waals surface area contributed by atoms with Gasteiger partial charge in [-0.2, -0.15) is 0 Å². The van der Waals surface area contributed by atoms with Gasteiger partial charge in [-0.1, -0.05) is 31.9 Å². The summed E-state index contributed by atoms with van der Waals surface area (Å²) < 4.78 is 10.4. The lowest BCUT2D eigenvalue weighted by atomic mass is 10.4. The first-order valence-corrected chi connectivity index (χ1v) is 4.81. The molecule has 1 saturated heterocycles. The van der Waals surface area contributed by atoms with Crippen molar-refractivity contribution in [1.82, 2.24) is 0 Å². The van der Waals surface area contributed by atoms with Crippen LogP contribution in [0.25, 0.3) is 0 Å². The van der Waals surface area contributed by atoms with Gasteiger partial charge in [0.15, 0.2) is 6.29 Å². The van der Waals surface area contributed by atoms with Gasteiger partial charge in [0.25, 0.3) is 0 Å². The topological polar surface area (TPSA) is 18.5 Å². The third-order valence-corrected chi connectivity index (χ3v) is 2.35. The Kier molecular flexibility index (Phi) is 3.46. The highest BCUT2D eigenvalue weighted by Gasteiger charge is 2.25. The average molecular weight is 260 g/mol. The minimum absolute atomic E-state index is 0.0515. The largest absolute Gasteiger partial charge is 0.351 e. The fourth-order valence-corrected chi connectivity index (χ4v) is 1.50. The second-order valence-electron chi connectivity index (χ2n) is 1.82. The zero-order chi connectivity index (χ0) is 6.69. The Morgan fingerprint density at radius 3 is 2.89 bits per heavy atom. The van der Waals surface area contributed by atoms with Gasteiger partial charge in [-0.05, 0) is 6.42 Å². The van der Waals surface area contributed by atoms with Crippen LogP contribution in [-0.4, -0.2) is 23.2 Å². The molecule has 1 heterocycles. The molecule has 54 valence electrons. The van der Waals surface area contributed by atoms with E-state index in [1.54, 1.807) is 0 Å². The van der Waals surface area contributed by atoms with Crippen molar-refractivity contribution < 1.29 is 9.47 Å². The standard InChI is InChI=1S/C5H8Br2O2/c6-3-9-5-4(7)1-2-8-5/h4-5H,1-3H2. The summed E-state index contributed by atoms with van der Waals surface area (Å²) >= 11 is 6.60. The van der Waals surface area contributed by atoms with Gasteiger partial charge in [-0.15, -0.1) is 0 Å². The lowest BCUT2D eigenvalue weighted by Gasteiger charge is -2.11. The second kappa shape index (κ2) is 3.91. The molecule has 1 aliphatic rings. The number of ether oxygens (including phenoxy) is 2. The molecule has 2 unspecified atom stereocenters. The van der Waals surface area contributed by atoms with Gasteiger partial charge >= 0.3 is 0 Å². The van der Waals surface area contributed by atoms with Crippen molar-refractivity contribution in [3.05, 3.63) is 0 Å². The molecule has 0 saturated carbocycles. The Morgan fingerprint density at radius 2 is 2.44 bits per heavy atom. The van der Waals surface area contributed by atoms with Crippen LogP contribution >= 0.6 is 31.9 Å². The Morgan fingerprint density at radius 1 is 1.67 bits per heavy atom. The van der Waals surface area contributed by atoms with Gasteiger partial charge in [-0.25, -0.2) is 0 Å². The molecule has 0 aromatic rings. The zero-order valence-corrected chi connectivity index (χ0v) is 8.02. The van der Waals surface area contributed by atoms with Crippen LogP contribution in [0.5, 0.6) is 0 Å². The number of hydrogen-bond acceptors (Lipinski definition) is 2. The fourth-order valence-electron chi connectivity index (χ4n) is 0.752. The number of hydrogen-bond donors (Lipinski definition) is 0. The average Bonchev–Trinajstić information content (AvgIpc) is 2.18. The molecular formula is C5H8Br2O2. The molecular weight excluding hydrogens is 252 g/mol. The van der Waals surface area contributed by atoms with E-state index in [9.17, 15) is 0 Å². The maximum atomic E-state index is 5.21. The summed E-state index contributed by atoms with van der Waals surface area (Å²) in [5.74, 6) is 0. The van der Waals surface area contributed by atoms with Gasteiger partial charge in [0, 0.05) is 0 Å². The van der Waals surface area contributed by atoms with E-state index >= 15 is 0 Å². The predicted molar refractivity (Wildman–Crippen MR) is 42.0 cm³/mol. The number of rotatable bonds is 2. The second-order valence-corrected chi connectivity index (χ2v) is 3.45. The van der Waals surface area contributed by atoms with Crippen LogP contribution < -0.4 is 0 Å². The van der Waals surface area contributed by atoms with Crippen LogP contribution in [0, 0.1) is 0 Å². The lowest BCUT2D eigenvalue weighted by molar-refractivity contribution is -0.0892. The predicted octanol–water partition coefficient (Wildman–Crippen LogP) is 1.87. The number of halogens is 2. The Balaban J connectivity index is 2.22. The maximum Gasteiger partial charge on any atom is 0.171 e. The molecule has 1 rings (SSSR count). The molecule has 0 amide bonds. The smallest absolute Gasteiger partial charge is 0.171 e. The molecule has 2 atom stereocenters. The van der Waals surface area contributed by atoms with E-state index in [4.69, 9.17) is 9.47 Å². The third kappa shape index (κ3) is 2.18. The molecule has 2 nitrogen and oxygen atoms in total. The molecule has 0 aromatic heterocycles. The Bertz CT molecular complexity index is 89.0. The first-order chi connectivity index (χ1) is 4.34. The molecule has 9 heavy (non-hydrogen) atoms.